The molecule has 1 fully saturated rings. The minimum absolute atomic E-state index is 0.0150. The van der Waals surface area contributed by atoms with Gasteiger partial charge in [-0.05, 0) is 49.9 Å². The molecule has 1 unspecified atom stereocenters. The molecule has 1 atom stereocenters. The number of nitrogens with two attached hydrogens (primary N) is 1. The van der Waals surface area contributed by atoms with Gasteiger partial charge in [-0.3, -0.25) is 9.59 Å². The second kappa shape index (κ2) is 7.88. The number of carbonyl (C=O) groups is 2. The maximum atomic E-state index is 13.0. The highest BCUT2D eigenvalue weighted by molar-refractivity contribution is 5.98. The highest BCUT2D eigenvalue weighted by atomic mass is 19.1. The summed E-state index contributed by atoms with van der Waals surface area (Å²) in [6.45, 7) is 5.40. The van der Waals surface area contributed by atoms with E-state index in [0.29, 0.717) is 38.0 Å². The average Bonchev–Trinajstić information content (AvgIpc) is 2.63. The van der Waals surface area contributed by atoms with Crippen molar-refractivity contribution >= 4 is 11.7 Å². The third-order valence-corrected chi connectivity index (χ3v) is 5.41. The molecule has 0 radical (unpaired) electrons. The molecular weight excluding hydrogens is 307 g/mol. The molecule has 0 aromatic heterocycles. The Kier molecular flexibility index (Phi) is 6.10. The summed E-state index contributed by atoms with van der Waals surface area (Å²) in [5.41, 5.74) is 5.87. The second-order valence-corrected chi connectivity index (χ2v) is 6.65. The quantitative estimate of drug-likeness (QED) is 0.814. The number of halogens is 1. The summed E-state index contributed by atoms with van der Waals surface area (Å²) < 4.78 is 13.0. The van der Waals surface area contributed by atoms with Gasteiger partial charge in [-0.15, -0.1) is 0 Å². The Bertz CT molecular complexity index is 573. The van der Waals surface area contributed by atoms with Crippen LogP contribution in [0.25, 0.3) is 0 Å². The van der Waals surface area contributed by atoms with E-state index in [1.54, 1.807) is 4.90 Å². The Hall–Kier alpha value is -1.75. The van der Waals surface area contributed by atoms with Crippen LogP contribution < -0.4 is 5.73 Å². The molecule has 1 aliphatic heterocycles. The molecule has 24 heavy (non-hydrogen) atoms. The predicted molar refractivity (Wildman–Crippen MR) is 92.1 cm³/mol. The lowest BCUT2D eigenvalue weighted by atomic mass is 9.79. The molecule has 2 N–H and O–H groups in total. The maximum Gasteiger partial charge on any atom is 0.230 e. The number of benzene rings is 1. The van der Waals surface area contributed by atoms with Gasteiger partial charge in [-0.2, -0.15) is 0 Å². The van der Waals surface area contributed by atoms with Crippen LogP contribution in [0, 0.1) is 17.2 Å². The number of nitrogens with zero attached hydrogens (tertiary/aromatic N) is 1. The number of amides is 1. The van der Waals surface area contributed by atoms with Crippen molar-refractivity contribution in [3.05, 3.63) is 35.6 Å². The number of Topliss-reactive ketones (excluding diaryl/α,β-unsaturated/α-hetero) is 1. The maximum absolute atomic E-state index is 13.0. The van der Waals surface area contributed by atoms with Crippen molar-refractivity contribution in [1.29, 1.82) is 0 Å². The van der Waals surface area contributed by atoms with Crippen LogP contribution in [0.4, 0.5) is 4.39 Å². The van der Waals surface area contributed by atoms with Crippen LogP contribution in [0.3, 0.4) is 0 Å². The molecule has 1 heterocycles. The van der Waals surface area contributed by atoms with E-state index in [2.05, 4.69) is 0 Å². The fourth-order valence-corrected chi connectivity index (χ4v) is 3.49. The van der Waals surface area contributed by atoms with Crippen molar-refractivity contribution in [2.45, 2.75) is 39.5 Å². The third-order valence-electron chi connectivity index (χ3n) is 5.41. The molecule has 2 rings (SSSR count). The summed E-state index contributed by atoms with van der Waals surface area (Å²) in [5.74, 6) is -0.534. The Balaban J connectivity index is 2.12. The van der Waals surface area contributed by atoms with Gasteiger partial charge in [-0.1, -0.05) is 13.8 Å². The first-order valence-electron chi connectivity index (χ1n) is 8.76. The molecule has 1 amide bonds. The van der Waals surface area contributed by atoms with Crippen molar-refractivity contribution in [1.82, 2.24) is 4.90 Å². The second-order valence-electron chi connectivity index (χ2n) is 6.65. The molecular formula is C19H27FN2O2. The van der Waals surface area contributed by atoms with E-state index >= 15 is 0 Å². The van der Waals surface area contributed by atoms with Crippen molar-refractivity contribution in [2.24, 2.45) is 17.1 Å². The Morgan fingerprint density at radius 1 is 1.25 bits per heavy atom. The lowest BCUT2D eigenvalue weighted by Gasteiger charge is -2.39. The Labute approximate surface area is 143 Å². The number of piperidine rings is 1. The number of carbonyl (C=O) groups excluding carboxylic acids is 2. The van der Waals surface area contributed by atoms with Crippen LogP contribution in [0.15, 0.2) is 24.3 Å². The zero-order chi connectivity index (χ0) is 17.7. The smallest absolute Gasteiger partial charge is 0.230 e. The lowest BCUT2D eigenvalue weighted by molar-refractivity contribution is -0.143. The van der Waals surface area contributed by atoms with Crippen molar-refractivity contribution in [3.63, 3.8) is 0 Å². The van der Waals surface area contributed by atoms with E-state index < -0.39 is 5.41 Å². The van der Waals surface area contributed by atoms with Crippen LogP contribution in [-0.4, -0.2) is 36.2 Å². The minimum Gasteiger partial charge on any atom is -0.341 e. The summed E-state index contributed by atoms with van der Waals surface area (Å²) in [7, 11) is 0. The molecule has 1 aromatic rings. The fourth-order valence-electron chi connectivity index (χ4n) is 3.49. The molecule has 132 valence electrons. The van der Waals surface area contributed by atoms with Crippen molar-refractivity contribution in [2.75, 3.05) is 19.6 Å². The summed E-state index contributed by atoms with van der Waals surface area (Å²) in [6.07, 6.45) is 2.96. The number of hydrogen-bond donors (Lipinski definition) is 1. The summed E-state index contributed by atoms with van der Waals surface area (Å²) in [5, 5.41) is 0. The molecule has 0 aliphatic carbocycles. The SMILES string of the molecule is CCC(CC)(CN)C(=O)N1CCCC(C(=O)c2ccc(F)cc2)C1. The van der Waals surface area contributed by atoms with E-state index in [9.17, 15) is 14.0 Å². The molecule has 5 heteroatoms. The van der Waals surface area contributed by atoms with Gasteiger partial charge < -0.3 is 10.6 Å². The van der Waals surface area contributed by atoms with E-state index in [1.165, 1.54) is 24.3 Å². The van der Waals surface area contributed by atoms with Gasteiger partial charge in [0.2, 0.25) is 5.91 Å². The predicted octanol–water partition coefficient (Wildman–Crippen LogP) is 3.01. The first-order valence-corrected chi connectivity index (χ1v) is 8.76. The molecule has 1 aromatic carbocycles. The summed E-state index contributed by atoms with van der Waals surface area (Å²) in [4.78, 5) is 27.4. The lowest BCUT2D eigenvalue weighted by Crippen LogP contribution is -2.51. The molecule has 0 spiro atoms. The highest BCUT2D eigenvalue weighted by Gasteiger charge is 2.39. The number of rotatable bonds is 6. The van der Waals surface area contributed by atoms with Crippen LogP contribution in [0.2, 0.25) is 0 Å². The molecule has 1 saturated heterocycles. The first-order chi connectivity index (χ1) is 11.5. The Morgan fingerprint density at radius 3 is 2.42 bits per heavy atom. The topological polar surface area (TPSA) is 63.4 Å². The van der Waals surface area contributed by atoms with Crippen LogP contribution >= 0.6 is 0 Å². The summed E-state index contributed by atoms with van der Waals surface area (Å²) >= 11 is 0. The molecule has 0 saturated carbocycles. The van der Waals surface area contributed by atoms with Gasteiger partial charge in [0.1, 0.15) is 5.82 Å². The van der Waals surface area contributed by atoms with Gasteiger partial charge in [0, 0.05) is 31.1 Å². The van der Waals surface area contributed by atoms with Crippen LogP contribution in [-0.2, 0) is 4.79 Å². The summed E-state index contributed by atoms with van der Waals surface area (Å²) in [6, 6.07) is 5.63. The van der Waals surface area contributed by atoms with Crippen molar-refractivity contribution < 1.29 is 14.0 Å². The van der Waals surface area contributed by atoms with Gasteiger partial charge >= 0.3 is 0 Å². The van der Waals surface area contributed by atoms with Gasteiger partial charge in [0.25, 0.3) is 0 Å². The third kappa shape index (κ3) is 3.66. The van der Waals surface area contributed by atoms with E-state index in [1.807, 2.05) is 13.8 Å². The molecule has 4 nitrogen and oxygen atoms in total. The van der Waals surface area contributed by atoms with Gasteiger partial charge in [-0.25, -0.2) is 4.39 Å². The number of ketones is 1. The van der Waals surface area contributed by atoms with E-state index in [-0.39, 0.29) is 23.4 Å². The number of hydrogen-bond acceptors (Lipinski definition) is 3. The molecule has 1 aliphatic rings. The molecule has 0 bridgehead atoms. The van der Waals surface area contributed by atoms with Crippen LogP contribution in [0.1, 0.15) is 49.9 Å². The zero-order valence-electron chi connectivity index (χ0n) is 14.6. The minimum atomic E-state index is -0.527. The normalized spacial score (nSPS) is 18.5. The monoisotopic (exact) mass is 334 g/mol. The average molecular weight is 334 g/mol. The zero-order valence-corrected chi connectivity index (χ0v) is 14.6. The number of likely N-dealkylation sites (tertiary alicyclic amines) is 1. The fraction of sp³-hybridized carbons (Fsp3) is 0.579. The van der Waals surface area contributed by atoms with E-state index in [0.717, 1.165) is 12.8 Å². The van der Waals surface area contributed by atoms with Crippen molar-refractivity contribution in [3.8, 4) is 0 Å². The Morgan fingerprint density at radius 2 is 1.88 bits per heavy atom. The van der Waals surface area contributed by atoms with Gasteiger partial charge in [0.15, 0.2) is 5.78 Å². The standard InChI is InChI=1S/C19H27FN2O2/c1-3-19(4-2,13-21)18(24)22-11-5-6-15(12-22)17(23)14-7-9-16(20)10-8-14/h7-10,15H,3-6,11-13,21H2,1-2H3. The van der Waals surface area contributed by atoms with Gasteiger partial charge in [0.05, 0.1) is 5.41 Å². The van der Waals surface area contributed by atoms with Crippen LogP contribution in [0.5, 0.6) is 0 Å². The van der Waals surface area contributed by atoms with E-state index in [4.69, 9.17) is 5.73 Å². The largest absolute Gasteiger partial charge is 0.341 e. The highest BCUT2D eigenvalue weighted by Crippen LogP contribution is 2.31. The first kappa shape index (κ1) is 18.6.